The van der Waals surface area contributed by atoms with E-state index in [1.807, 2.05) is 0 Å². The molecule has 0 aromatic carbocycles. The lowest BCUT2D eigenvalue weighted by molar-refractivity contribution is -0.122. The van der Waals surface area contributed by atoms with Crippen LogP contribution in [0.25, 0.3) is 0 Å². The van der Waals surface area contributed by atoms with Gasteiger partial charge in [-0.15, -0.1) is 0 Å². The Morgan fingerprint density at radius 3 is 2.81 bits per heavy atom. The molecule has 2 nitrogen and oxygen atoms in total. The Balaban J connectivity index is 1.64. The smallest absolute Gasteiger partial charge is 0.220 e. The van der Waals surface area contributed by atoms with Gasteiger partial charge in [0.05, 0.1) is 0 Å². The molecule has 2 saturated carbocycles. The lowest BCUT2D eigenvalue weighted by Crippen LogP contribution is -2.52. The van der Waals surface area contributed by atoms with Crippen molar-refractivity contribution in [1.29, 1.82) is 0 Å². The van der Waals surface area contributed by atoms with Crippen molar-refractivity contribution < 1.29 is 4.79 Å². The third kappa shape index (κ3) is 2.10. The second-order valence-corrected chi connectivity index (χ2v) is 8.16. The van der Waals surface area contributed by atoms with E-state index in [9.17, 15) is 4.79 Å². The Morgan fingerprint density at radius 1 is 1.10 bits per heavy atom. The van der Waals surface area contributed by atoms with Gasteiger partial charge in [0.1, 0.15) is 0 Å². The molecule has 0 aromatic heterocycles. The van der Waals surface area contributed by atoms with Crippen LogP contribution in [0.4, 0.5) is 0 Å². The summed E-state index contributed by atoms with van der Waals surface area (Å²) in [7, 11) is 0. The second kappa shape index (κ2) is 4.72. The number of allylic oxidation sites excluding steroid dienone is 4. The monoisotopic (exact) mass is 285 g/mol. The van der Waals surface area contributed by atoms with E-state index < -0.39 is 0 Å². The van der Waals surface area contributed by atoms with Crippen molar-refractivity contribution in [2.75, 3.05) is 0 Å². The van der Waals surface area contributed by atoms with Gasteiger partial charge in [0, 0.05) is 12.0 Å². The number of carbonyl (C=O) groups is 1. The highest BCUT2D eigenvalue weighted by atomic mass is 16.1. The quantitative estimate of drug-likeness (QED) is 0.720. The number of rotatable bonds is 0. The zero-order valence-corrected chi connectivity index (χ0v) is 13.3. The number of hydrogen-bond donors (Lipinski definition) is 1. The van der Waals surface area contributed by atoms with Crippen LogP contribution in [0.2, 0.25) is 0 Å². The summed E-state index contributed by atoms with van der Waals surface area (Å²) in [5.41, 5.74) is 1.69. The maximum absolute atomic E-state index is 12.1. The Kier molecular flexibility index (Phi) is 3.06. The summed E-state index contributed by atoms with van der Waals surface area (Å²) in [6.07, 6.45) is 14.2. The fourth-order valence-corrected chi connectivity index (χ4v) is 5.91. The number of amides is 1. The van der Waals surface area contributed by atoms with Crippen molar-refractivity contribution in [1.82, 2.24) is 5.32 Å². The van der Waals surface area contributed by atoms with Gasteiger partial charge in [-0.2, -0.15) is 0 Å². The number of hydrogen-bond acceptors (Lipinski definition) is 1. The van der Waals surface area contributed by atoms with E-state index in [0.717, 1.165) is 36.5 Å². The Bertz CT molecular complexity index is 516. The molecular formula is C19H27NO. The van der Waals surface area contributed by atoms with E-state index in [-0.39, 0.29) is 11.4 Å². The first-order valence-corrected chi connectivity index (χ1v) is 8.75. The molecule has 1 N–H and O–H groups in total. The lowest BCUT2D eigenvalue weighted by atomic mass is 9.55. The maximum Gasteiger partial charge on any atom is 0.220 e. The average molecular weight is 285 g/mol. The minimum Gasteiger partial charge on any atom is -0.351 e. The first-order valence-electron chi connectivity index (χ1n) is 8.75. The van der Waals surface area contributed by atoms with E-state index in [0.29, 0.717) is 5.92 Å². The SMILES string of the molecule is CC1(C)NC(=O)CCC2C3CCC4C=CC=C4C3CCC21. The topological polar surface area (TPSA) is 29.1 Å². The Morgan fingerprint density at radius 2 is 1.95 bits per heavy atom. The summed E-state index contributed by atoms with van der Waals surface area (Å²) in [5.74, 6) is 4.02. The summed E-state index contributed by atoms with van der Waals surface area (Å²) in [5, 5.41) is 3.29. The fraction of sp³-hybridized carbons (Fsp3) is 0.737. The molecule has 0 radical (unpaired) electrons. The molecule has 1 saturated heterocycles. The molecule has 5 atom stereocenters. The molecule has 4 aliphatic rings. The van der Waals surface area contributed by atoms with Crippen LogP contribution in [0.3, 0.4) is 0 Å². The zero-order chi connectivity index (χ0) is 14.6. The molecule has 2 heteroatoms. The molecule has 0 aromatic rings. The lowest BCUT2D eigenvalue weighted by Gasteiger charge is -2.51. The average Bonchev–Trinajstić information content (AvgIpc) is 2.88. The van der Waals surface area contributed by atoms with Gasteiger partial charge in [0.2, 0.25) is 5.91 Å². The number of nitrogens with one attached hydrogen (secondary N) is 1. The molecular weight excluding hydrogens is 258 g/mol. The number of carbonyl (C=O) groups excluding carboxylic acids is 1. The van der Waals surface area contributed by atoms with Gasteiger partial charge in [-0.05, 0) is 75.5 Å². The third-order valence-corrected chi connectivity index (χ3v) is 6.76. The van der Waals surface area contributed by atoms with Crippen LogP contribution in [-0.4, -0.2) is 11.4 Å². The predicted molar refractivity (Wildman–Crippen MR) is 84.6 cm³/mol. The summed E-state index contributed by atoms with van der Waals surface area (Å²) in [4.78, 5) is 12.1. The molecule has 3 fully saturated rings. The van der Waals surface area contributed by atoms with E-state index in [1.165, 1.54) is 25.7 Å². The van der Waals surface area contributed by atoms with Crippen LogP contribution >= 0.6 is 0 Å². The van der Waals surface area contributed by atoms with Crippen LogP contribution < -0.4 is 5.32 Å². The molecule has 0 bridgehead atoms. The largest absolute Gasteiger partial charge is 0.351 e. The van der Waals surface area contributed by atoms with Crippen molar-refractivity contribution >= 4 is 5.91 Å². The molecule has 3 aliphatic carbocycles. The van der Waals surface area contributed by atoms with Gasteiger partial charge in [-0.3, -0.25) is 4.79 Å². The van der Waals surface area contributed by atoms with Crippen molar-refractivity contribution in [2.24, 2.45) is 29.6 Å². The van der Waals surface area contributed by atoms with E-state index in [2.05, 4.69) is 37.4 Å². The van der Waals surface area contributed by atoms with Gasteiger partial charge in [-0.1, -0.05) is 23.8 Å². The molecule has 1 heterocycles. The van der Waals surface area contributed by atoms with Crippen molar-refractivity contribution in [3.05, 3.63) is 23.8 Å². The maximum atomic E-state index is 12.1. The summed E-state index contributed by atoms with van der Waals surface area (Å²) in [6, 6.07) is 0. The first-order chi connectivity index (χ1) is 10.1. The van der Waals surface area contributed by atoms with Crippen molar-refractivity contribution in [3.8, 4) is 0 Å². The Hall–Kier alpha value is -1.05. The molecule has 1 aliphatic heterocycles. The molecule has 114 valence electrons. The highest BCUT2D eigenvalue weighted by molar-refractivity contribution is 5.77. The van der Waals surface area contributed by atoms with E-state index >= 15 is 0 Å². The van der Waals surface area contributed by atoms with Crippen LogP contribution in [0.5, 0.6) is 0 Å². The van der Waals surface area contributed by atoms with Gasteiger partial charge >= 0.3 is 0 Å². The van der Waals surface area contributed by atoms with Crippen molar-refractivity contribution in [2.45, 2.75) is 57.9 Å². The zero-order valence-electron chi connectivity index (χ0n) is 13.3. The second-order valence-electron chi connectivity index (χ2n) is 8.16. The normalized spacial score (nSPS) is 44.0. The fourth-order valence-electron chi connectivity index (χ4n) is 5.91. The minimum absolute atomic E-state index is 0.0254. The summed E-state index contributed by atoms with van der Waals surface area (Å²) >= 11 is 0. The highest BCUT2D eigenvalue weighted by Gasteiger charge is 2.50. The van der Waals surface area contributed by atoms with Gasteiger partial charge in [-0.25, -0.2) is 0 Å². The molecule has 1 amide bonds. The van der Waals surface area contributed by atoms with Gasteiger partial charge in [0.15, 0.2) is 0 Å². The predicted octanol–water partition coefficient (Wildman–Crippen LogP) is 3.84. The van der Waals surface area contributed by atoms with E-state index in [4.69, 9.17) is 0 Å². The van der Waals surface area contributed by atoms with Crippen molar-refractivity contribution in [3.63, 3.8) is 0 Å². The van der Waals surface area contributed by atoms with Crippen LogP contribution in [0, 0.1) is 29.6 Å². The third-order valence-electron chi connectivity index (χ3n) is 6.76. The highest BCUT2D eigenvalue weighted by Crippen LogP contribution is 2.55. The van der Waals surface area contributed by atoms with Crippen LogP contribution in [-0.2, 0) is 4.79 Å². The number of fused-ring (bicyclic) bond motifs is 5. The Labute approximate surface area is 128 Å². The molecule has 21 heavy (non-hydrogen) atoms. The van der Waals surface area contributed by atoms with Gasteiger partial charge in [0.25, 0.3) is 0 Å². The molecule has 5 unspecified atom stereocenters. The first kappa shape index (κ1) is 13.6. The standard InChI is InChI=1S/C19H27NO/c1-19(2)17-10-8-14-13-5-3-4-12(13)6-7-15(14)16(17)9-11-18(21)20-19/h3-5,12,14-17H,6-11H2,1-2H3,(H,20,21). The molecule has 0 spiro atoms. The molecule has 4 rings (SSSR count). The summed E-state index contributed by atoms with van der Waals surface area (Å²) < 4.78 is 0. The minimum atomic E-state index is -0.0254. The van der Waals surface area contributed by atoms with E-state index in [1.54, 1.807) is 5.57 Å². The van der Waals surface area contributed by atoms with Crippen LogP contribution in [0.15, 0.2) is 23.8 Å². The summed E-state index contributed by atoms with van der Waals surface area (Å²) in [6.45, 7) is 4.49. The van der Waals surface area contributed by atoms with Gasteiger partial charge < -0.3 is 5.32 Å². The van der Waals surface area contributed by atoms with Crippen LogP contribution in [0.1, 0.15) is 52.4 Å².